The van der Waals surface area contributed by atoms with Crippen LogP contribution in [0.25, 0.3) is 21.5 Å². The van der Waals surface area contributed by atoms with E-state index in [4.69, 9.17) is 0 Å². The molecule has 0 bridgehead atoms. The van der Waals surface area contributed by atoms with E-state index >= 15 is 0 Å². The molecule has 2 heterocycles. The number of pyridine rings is 2. The van der Waals surface area contributed by atoms with Crippen molar-refractivity contribution in [2.75, 3.05) is 0 Å². The molecule has 0 saturated heterocycles. The van der Waals surface area contributed by atoms with Gasteiger partial charge in [0, 0.05) is 56.5 Å². The summed E-state index contributed by atoms with van der Waals surface area (Å²) in [6.45, 7) is 0. The third-order valence-electron chi connectivity index (χ3n) is 9.58. The van der Waals surface area contributed by atoms with Crippen LogP contribution >= 0.6 is 0 Å². The van der Waals surface area contributed by atoms with Gasteiger partial charge < -0.3 is 0 Å². The molecule has 0 aliphatic heterocycles. The van der Waals surface area contributed by atoms with Crippen LogP contribution in [0.5, 0.6) is 0 Å². The predicted octanol–water partition coefficient (Wildman–Crippen LogP) is 8.82. The van der Waals surface area contributed by atoms with Crippen LogP contribution in [0.3, 0.4) is 0 Å². The van der Waals surface area contributed by atoms with Gasteiger partial charge in [0.1, 0.15) is 23.0 Å². The zero-order chi connectivity index (χ0) is 39.8. The molecular weight excluding hydrogens is 747 g/mol. The Bertz CT molecular complexity index is 2840. The Morgan fingerprint density at radius 3 is 1.04 bits per heavy atom. The molecule has 8 rings (SSSR count). The molecule has 0 spiro atoms. The van der Waals surface area contributed by atoms with Gasteiger partial charge in [-0.1, -0.05) is 48.5 Å². The van der Waals surface area contributed by atoms with Gasteiger partial charge in [0.25, 0.3) is 0 Å². The van der Waals surface area contributed by atoms with Crippen LogP contribution < -0.4 is 0 Å². The second-order valence-electron chi connectivity index (χ2n) is 13.0. The van der Waals surface area contributed by atoms with Crippen molar-refractivity contribution in [2.45, 2.75) is 9.79 Å². The van der Waals surface area contributed by atoms with E-state index in [9.17, 15) is 36.4 Å². The Kier molecular flexibility index (Phi) is 9.44. The van der Waals surface area contributed by atoms with Crippen LogP contribution in [0.15, 0.2) is 168 Å². The van der Waals surface area contributed by atoms with E-state index in [1.165, 1.54) is 109 Å². The molecule has 276 valence electrons. The summed E-state index contributed by atoms with van der Waals surface area (Å²) in [5.41, 5.74) is 1.44. The third kappa shape index (κ3) is 6.81. The van der Waals surface area contributed by atoms with Crippen LogP contribution in [-0.4, -0.2) is 41.5 Å². The second kappa shape index (κ2) is 14.7. The molecule has 11 heteroatoms. The first kappa shape index (κ1) is 36.6. The number of aromatic nitrogens is 2. The summed E-state index contributed by atoms with van der Waals surface area (Å²) in [4.78, 5) is 62.4. The fraction of sp³-hybridized carbons (Fsp3) is 0. The highest BCUT2D eigenvalue weighted by Crippen LogP contribution is 2.29. The molecule has 0 N–H and O–H groups in total. The van der Waals surface area contributed by atoms with Crippen molar-refractivity contribution >= 4 is 54.5 Å². The number of fused-ring (bicyclic) bond motifs is 2. The van der Waals surface area contributed by atoms with Crippen LogP contribution in [0.4, 0.5) is 8.78 Å². The van der Waals surface area contributed by atoms with Gasteiger partial charge in [-0.2, -0.15) is 0 Å². The maximum Gasteiger partial charge on any atom is 0.211 e. The van der Waals surface area contributed by atoms with Crippen molar-refractivity contribution in [3.8, 4) is 0 Å². The highest BCUT2D eigenvalue weighted by atomic mass is 32.2. The smallest absolute Gasteiger partial charge is 0.211 e. The number of halogens is 2. The van der Waals surface area contributed by atoms with Gasteiger partial charge >= 0.3 is 0 Å². The number of sulfone groups is 1. The molecule has 0 fully saturated rings. The minimum atomic E-state index is -4.09. The topological polar surface area (TPSA) is 128 Å². The van der Waals surface area contributed by atoms with Crippen LogP contribution in [0.2, 0.25) is 0 Å². The van der Waals surface area contributed by atoms with E-state index in [1.807, 2.05) is 0 Å². The molecule has 0 amide bonds. The van der Waals surface area contributed by atoms with Crippen molar-refractivity contribution in [3.63, 3.8) is 0 Å². The van der Waals surface area contributed by atoms with E-state index in [-0.39, 0.29) is 66.1 Å². The minimum Gasteiger partial charge on any atom is -0.289 e. The van der Waals surface area contributed by atoms with E-state index in [0.717, 1.165) is 0 Å². The van der Waals surface area contributed by atoms with Gasteiger partial charge in [-0.3, -0.25) is 29.1 Å². The zero-order valence-electron chi connectivity index (χ0n) is 29.5. The zero-order valence-corrected chi connectivity index (χ0v) is 30.3. The molecule has 0 aliphatic rings. The number of ketones is 4. The molecule has 0 unspecified atom stereocenters. The Labute approximate surface area is 324 Å². The molecule has 57 heavy (non-hydrogen) atoms. The SMILES string of the molecule is O=C(c1ccc(F)cc1)c1cnc(C(=O)c2ccc(S(=O)(=O)c3ccc(C(=O)c4ncc(C(=O)c5ccc(F)cc5)c5ccccc45)cc3)cc2)c2ccccc12. The normalized spacial score (nSPS) is 11.4. The molecule has 8 aromatic rings. The first-order valence-electron chi connectivity index (χ1n) is 17.4. The fourth-order valence-electron chi connectivity index (χ4n) is 6.60. The van der Waals surface area contributed by atoms with Gasteiger partial charge in [0.2, 0.25) is 21.4 Å². The van der Waals surface area contributed by atoms with Crippen molar-refractivity contribution in [3.05, 3.63) is 214 Å². The molecule has 0 saturated carbocycles. The number of carbonyl (C=O) groups excluding carboxylic acids is 4. The average Bonchev–Trinajstić information content (AvgIpc) is 3.25. The van der Waals surface area contributed by atoms with Crippen LogP contribution in [0, 0.1) is 11.6 Å². The van der Waals surface area contributed by atoms with Gasteiger partial charge in [-0.25, -0.2) is 17.2 Å². The summed E-state index contributed by atoms with van der Waals surface area (Å²) >= 11 is 0. The first-order valence-corrected chi connectivity index (χ1v) is 18.9. The lowest BCUT2D eigenvalue weighted by molar-refractivity contribution is 0.102. The van der Waals surface area contributed by atoms with E-state index in [0.29, 0.717) is 21.5 Å². The predicted molar refractivity (Wildman–Crippen MR) is 208 cm³/mol. The van der Waals surface area contributed by atoms with Gasteiger partial charge in [-0.05, 0) is 108 Å². The first-order chi connectivity index (χ1) is 27.5. The Morgan fingerprint density at radius 1 is 0.386 bits per heavy atom. The number of hydrogen-bond acceptors (Lipinski definition) is 8. The average molecular weight is 773 g/mol. The summed E-state index contributed by atoms with van der Waals surface area (Å²) < 4.78 is 54.3. The molecule has 6 aromatic carbocycles. The monoisotopic (exact) mass is 772 g/mol. The molecule has 0 radical (unpaired) electrons. The summed E-state index contributed by atoms with van der Waals surface area (Å²) in [7, 11) is -4.09. The second-order valence-corrected chi connectivity index (χ2v) is 15.0. The van der Waals surface area contributed by atoms with Gasteiger partial charge in [-0.15, -0.1) is 0 Å². The molecule has 0 atom stereocenters. The lowest BCUT2D eigenvalue weighted by Crippen LogP contribution is -2.10. The van der Waals surface area contributed by atoms with Crippen LogP contribution in [-0.2, 0) is 9.84 Å². The number of benzene rings is 6. The molecule has 2 aromatic heterocycles. The van der Waals surface area contributed by atoms with E-state index in [2.05, 4.69) is 9.97 Å². The van der Waals surface area contributed by atoms with Crippen molar-refractivity contribution in [1.82, 2.24) is 9.97 Å². The van der Waals surface area contributed by atoms with E-state index in [1.54, 1.807) is 48.5 Å². The quantitative estimate of drug-likeness (QED) is 0.126. The lowest BCUT2D eigenvalue weighted by Gasteiger charge is -2.11. The summed E-state index contributed by atoms with van der Waals surface area (Å²) in [6.07, 6.45) is 2.61. The maximum atomic E-state index is 13.7. The number of nitrogens with zero attached hydrogens (tertiary/aromatic N) is 2. The Balaban J connectivity index is 1.03. The summed E-state index contributed by atoms with van der Waals surface area (Å²) in [5, 5.41) is 1.78. The number of rotatable bonds is 10. The molecule has 0 aliphatic carbocycles. The minimum absolute atomic E-state index is 0.0634. The third-order valence-corrected chi connectivity index (χ3v) is 11.4. The Morgan fingerprint density at radius 2 is 0.684 bits per heavy atom. The van der Waals surface area contributed by atoms with Gasteiger partial charge in [0.15, 0.2) is 11.6 Å². The van der Waals surface area contributed by atoms with E-state index < -0.39 is 33.0 Å². The highest BCUT2D eigenvalue weighted by Gasteiger charge is 2.24. The summed E-state index contributed by atoms with van der Waals surface area (Å²) in [6, 6.07) is 34.5. The molecule has 8 nitrogen and oxygen atoms in total. The van der Waals surface area contributed by atoms with Gasteiger partial charge in [0.05, 0.1) is 9.79 Å². The van der Waals surface area contributed by atoms with Crippen molar-refractivity contribution in [1.29, 1.82) is 0 Å². The summed E-state index contributed by atoms with van der Waals surface area (Å²) in [5.74, 6) is -2.72. The maximum absolute atomic E-state index is 13.7. The van der Waals surface area contributed by atoms with Crippen LogP contribution in [0.1, 0.15) is 63.9 Å². The lowest BCUT2D eigenvalue weighted by atomic mass is 9.96. The fourth-order valence-corrected chi connectivity index (χ4v) is 7.86. The molecular formula is C46H26F2N2O6S. The largest absolute Gasteiger partial charge is 0.289 e. The van der Waals surface area contributed by atoms with Crippen molar-refractivity contribution < 1.29 is 36.4 Å². The highest BCUT2D eigenvalue weighted by molar-refractivity contribution is 7.91. The van der Waals surface area contributed by atoms with Crippen molar-refractivity contribution in [2.24, 2.45) is 0 Å². The number of carbonyl (C=O) groups is 4. The Hall–Kier alpha value is -7.37. The standard InChI is InChI=1S/C46H26F2N2O6S/c47-31-17-9-27(10-18-31)43(51)39-25-49-41(37-7-3-1-5-35(37)39)45(53)29-13-21-33(22-14-29)57(55,56)34-23-15-30(16-24-34)46(54)42-38-8-4-2-6-36(38)40(26-50-42)44(52)28-11-19-32(48)20-12-28/h1-26H. The number of hydrogen-bond donors (Lipinski definition) is 0.